The molecule has 9 nitrogen and oxygen atoms in total. The fourth-order valence-electron chi connectivity index (χ4n) is 4.72. The molecule has 1 aromatic carbocycles. The molecule has 178 valence electrons. The monoisotopic (exact) mass is 469 g/mol. The average molecular weight is 470 g/mol. The van der Waals surface area contributed by atoms with Gasteiger partial charge in [0.2, 0.25) is 0 Å². The highest BCUT2D eigenvalue weighted by molar-refractivity contribution is 6.06. The van der Waals surface area contributed by atoms with Gasteiger partial charge in [-0.25, -0.2) is 15.0 Å². The van der Waals surface area contributed by atoms with E-state index in [9.17, 15) is 4.79 Å². The molecule has 1 aliphatic heterocycles. The highest BCUT2D eigenvalue weighted by atomic mass is 16.5. The zero-order chi connectivity index (χ0) is 24.1. The van der Waals surface area contributed by atoms with Gasteiger partial charge in [0.25, 0.3) is 5.91 Å². The van der Waals surface area contributed by atoms with Crippen molar-refractivity contribution in [2.24, 2.45) is 7.05 Å². The minimum absolute atomic E-state index is 0.162. The third-order valence-electron chi connectivity index (χ3n) is 6.75. The smallest absolute Gasteiger partial charge is 0.261 e. The molecular weight excluding hydrogens is 442 g/mol. The van der Waals surface area contributed by atoms with Crippen LogP contribution in [0.25, 0.3) is 10.9 Å². The van der Waals surface area contributed by atoms with E-state index in [2.05, 4.69) is 20.1 Å². The normalized spacial score (nSPS) is 14.9. The van der Waals surface area contributed by atoms with E-state index < -0.39 is 0 Å². The quantitative estimate of drug-likeness (QED) is 0.459. The summed E-state index contributed by atoms with van der Waals surface area (Å²) in [5.41, 5.74) is 12.1. The van der Waals surface area contributed by atoms with Crippen molar-refractivity contribution in [2.45, 2.75) is 51.9 Å². The summed E-state index contributed by atoms with van der Waals surface area (Å²) >= 11 is 0. The molecule has 6 rings (SSSR count). The number of anilines is 2. The Labute approximate surface area is 203 Å². The summed E-state index contributed by atoms with van der Waals surface area (Å²) in [5, 5.41) is 5.60. The molecule has 0 radical (unpaired) electrons. The molecule has 0 bridgehead atoms. The molecule has 1 fully saturated rings. The number of amides is 1. The number of hydrogen-bond donors (Lipinski definition) is 1. The summed E-state index contributed by atoms with van der Waals surface area (Å²) in [5.74, 6) is 1.59. The maximum Gasteiger partial charge on any atom is 0.261 e. The first-order valence-corrected chi connectivity index (χ1v) is 12.0. The number of fused-ring (bicyclic) bond motifs is 3. The molecule has 0 unspecified atom stereocenters. The van der Waals surface area contributed by atoms with Gasteiger partial charge in [-0.3, -0.25) is 9.48 Å². The SMILES string of the molecule is CCc1nn(C)cc1N(Cc1ccc2c3c(c(N)nc2c1)COC3)C(=O)c1cnc(C2CC2)nc1. The largest absolute Gasteiger partial charge is 0.383 e. The third kappa shape index (κ3) is 3.91. The highest BCUT2D eigenvalue weighted by Crippen LogP contribution is 2.37. The van der Waals surface area contributed by atoms with Crippen molar-refractivity contribution in [3.05, 3.63) is 70.6 Å². The number of ether oxygens (including phenoxy) is 1. The lowest BCUT2D eigenvalue weighted by Crippen LogP contribution is -2.31. The van der Waals surface area contributed by atoms with E-state index in [1.54, 1.807) is 22.0 Å². The van der Waals surface area contributed by atoms with E-state index in [1.807, 2.05) is 38.4 Å². The number of nitrogens with two attached hydrogens (primary N) is 1. The number of hydrogen-bond acceptors (Lipinski definition) is 7. The molecule has 1 aliphatic carbocycles. The van der Waals surface area contributed by atoms with Crippen LogP contribution in [-0.4, -0.2) is 30.6 Å². The lowest BCUT2D eigenvalue weighted by molar-refractivity contribution is 0.0984. The van der Waals surface area contributed by atoms with Gasteiger partial charge in [0, 0.05) is 42.5 Å². The molecule has 0 spiro atoms. The number of nitrogen functional groups attached to an aromatic ring is 1. The van der Waals surface area contributed by atoms with Crippen LogP contribution in [0.3, 0.4) is 0 Å². The summed E-state index contributed by atoms with van der Waals surface area (Å²) in [6.07, 6.45) is 8.11. The first-order chi connectivity index (χ1) is 17.0. The molecule has 35 heavy (non-hydrogen) atoms. The van der Waals surface area contributed by atoms with Crippen LogP contribution in [0.2, 0.25) is 0 Å². The molecule has 3 aromatic heterocycles. The van der Waals surface area contributed by atoms with Crippen LogP contribution >= 0.6 is 0 Å². The molecule has 4 aromatic rings. The summed E-state index contributed by atoms with van der Waals surface area (Å²) in [7, 11) is 1.87. The Morgan fingerprint density at radius 1 is 1.20 bits per heavy atom. The fourth-order valence-corrected chi connectivity index (χ4v) is 4.72. The van der Waals surface area contributed by atoms with Crippen molar-refractivity contribution in [3.8, 4) is 0 Å². The molecule has 9 heteroatoms. The summed E-state index contributed by atoms with van der Waals surface area (Å²) < 4.78 is 7.34. The Morgan fingerprint density at radius 2 is 1.97 bits per heavy atom. The molecular formula is C26H27N7O2. The summed E-state index contributed by atoms with van der Waals surface area (Å²) in [4.78, 5) is 29.0. The van der Waals surface area contributed by atoms with Crippen molar-refractivity contribution in [1.29, 1.82) is 0 Å². The maximum atomic E-state index is 13.8. The fraction of sp³-hybridized carbons (Fsp3) is 0.346. The van der Waals surface area contributed by atoms with E-state index in [4.69, 9.17) is 10.5 Å². The topological polar surface area (TPSA) is 112 Å². The minimum atomic E-state index is -0.162. The Morgan fingerprint density at radius 3 is 2.71 bits per heavy atom. The molecule has 4 heterocycles. The standard InChI is InChI=1S/C26H27N7O2/c1-3-21-23(12-32(2)31-21)33(26(34)17-9-28-25(29-10-17)16-5-6-16)11-15-4-7-18-19-13-35-14-20(19)24(27)30-22(18)8-15/h4,7-10,12,16H,3,5-6,11,13-14H2,1-2H3,(H2,27,30). The summed E-state index contributed by atoms with van der Waals surface area (Å²) in [6.45, 7) is 3.42. The second kappa shape index (κ2) is 8.42. The van der Waals surface area contributed by atoms with Crippen LogP contribution in [0.5, 0.6) is 0 Å². The Hall–Kier alpha value is -3.85. The van der Waals surface area contributed by atoms with Crippen LogP contribution in [0.4, 0.5) is 11.5 Å². The average Bonchev–Trinajstić information content (AvgIpc) is 3.47. The molecule has 1 amide bonds. The number of rotatable bonds is 6. The first-order valence-electron chi connectivity index (χ1n) is 12.0. The van der Waals surface area contributed by atoms with E-state index in [0.717, 1.165) is 57.6 Å². The van der Waals surface area contributed by atoms with Crippen molar-refractivity contribution in [1.82, 2.24) is 24.7 Å². The van der Waals surface area contributed by atoms with Crippen LogP contribution in [-0.2, 0) is 38.0 Å². The summed E-state index contributed by atoms with van der Waals surface area (Å²) in [6, 6.07) is 6.08. The number of benzene rings is 1. The highest BCUT2D eigenvalue weighted by Gasteiger charge is 2.28. The van der Waals surface area contributed by atoms with Crippen molar-refractivity contribution in [3.63, 3.8) is 0 Å². The second-order valence-electron chi connectivity index (χ2n) is 9.28. The van der Waals surface area contributed by atoms with Gasteiger partial charge in [0.05, 0.1) is 42.2 Å². The molecule has 1 saturated carbocycles. The van der Waals surface area contributed by atoms with Crippen molar-refractivity contribution >= 4 is 28.3 Å². The van der Waals surface area contributed by atoms with E-state index >= 15 is 0 Å². The number of nitrogens with zero attached hydrogens (tertiary/aromatic N) is 6. The van der Waals surface area contributed by atoms with E-state index in [-0.39, 0.29) is 5.91 Å². The van der Waals surface area contributed by atoms with Gasteiger partial charge in [-0.05, 0) is 36.5 Å². The zero-order valence-corrected chi connectivity index (χ0v) is 19.9. The van der Waals surface area contributed by atoms with Gasteiger partial charge in [-0.15, -0.1) is 0 Å². The molecule has 0 saturated heterocycles. The van der Waals surface area contributed by atoms with Crippen molar-refractivity contribution < 1.29 is 9.53 Å². The Kier molecular flexibility index (Phi) is 5.21. The van der Waals surface area contributed by atoms with Gasteiger partial charge in [-0.2, -0.15) is 5.10 Å². The van der Waals surface area contributed by atoms with Gasteiger partial charge >= 0.3 is 0 Å². The van der Waals surface area contributed by atoms with Crippen LogP contribution in [0.15, 0.2) is 36.8 Å². The Bertz CT molecular complexity index is 1440. The number of carbonyl (C=O) groups is 1. The van der Waals surface area contributed by atoms with E-state index in [0.29, 0.717) is 43.5 Å². The van der Waals surface area contributed by atoms with Crippen LogP contribution < -0.4 is 10.6 Å². The van der Waals surface area contributed by atoms with Gasteiger partial charge in [-0.1, -0.05) is 19.1 Å². The minimum Gasteiger partial charge on any atom is -0.383 e. The predicted octanol–water partition coefficient (Wildman–Crippen LogP) is 3.66. The van der Waals surface area contributed by atoms with Crippen molar-refractivity contribution in [2.75, 3.05) is 10.6 Å². The molecule has 0 atom stereocenters. The number of carbonyl (C=O) groups excluding carboxylic acids is 1. The molecule has 2 N–H and O–H groups in total. The Balaban J connectivity index is 1.38. The number of pyridine rings is 1. The van der Waals surface area contributed by atoms with Gasteiger partial charge < -0.3 is 15.4 Å². The van der Waals surface area contributed by atoms with Gasteiger partial charge in [0.15, 0.2) is 0 Å². The maximum absolute atomic E-state index is 13.8. The molecule has 2 aliphatic rings. The zero-order valence-electron chi connectivity index (χ0n) is 19.9. The predicted molar refractivity (Wildman–Crippen MR) is 132 cm³/mol. The van der Waals surface area contributed by atoms with E-state index in [1.165, 1.54) is 0 Å². The number of aryl methyl sites for hydroxylation is 2. The second-order valence-corrected chi connectivity index (χ2v) is 9.28. The number of aromatic nitrogens is 5. The lowest BCUT2D eigenvalue weighted by Gasteiger charge is -2.23. The lowest BCUT2D eigenvalue weighted by atomic mass is 10.0. The first kappa shape index (κ1) is 21.7. The third-order valence-corrected chi connectivity index (χ3v) is 6.75. The van der Waals surface area contributed by atoms with Gasteiger partial charge in [0.1, 0.15) is 11.6 Å². The van der Waals surface area contributed by atoms with Crippen LogP contribution in [0, 0.1) is 0 Å². The van der Waals surface area contributed by atoms with Crippen LogP contribution in [0.1, 0.15) is 64.2 Å².